The number of amides is 1. The first kappa shape index (κ1) is 17.6. The molecule has 1 aliphatic rings. The van der Waals surface area contributed by atoms with Crippen LogP contribution in [0.3, 0.4) is 0 Å². The maximum atomic E-state index is 12.5. The number of hydrogen-bond acceptors (Lipinski definition) is 5. The Hall–Kier alpha value is -2.51. The second-order valence-electron chi connectivity index (χ2n) is 7.42. The van der Waals surface area contributed by atoms with Crippen LogP contribution < -0.4 is 0 Å². The topological polar surface area (TPSA) is 63.4 Å². The van der Waals surface area contributed by atoms with Crippen molar-refractivity contribution in [3.8, 4) is 0 Å². The minimum absolute atomic E-state index is 0.0108. The maximum Gasteiger partial charge on any atom is 0.263 e. The van der Waals surface area contributed by atoms with Gasteiger partial charge < -0.3 is 4.90 Å². The number of fused-ring (bicyclic) bond motifs is 3. The lowest BCUT2D eigenvalue weighted by Gasteiger charge is -2.08. The van der Waals surface area contributed by atoms with Crippen molar-refractivity contribution in [2.75, 3.05) is 14.1 Å². The Labute approximate surface area is 170 Å². The van der Waals surface area contributed by atoms with Gasteiger partial charge in [-0.15, -0.1) is 16.4 Å². The van der Waals surface area contributed by atoms with E-state index in [1.54, 1.807) is 29.8 Å². The van der Waals surface area contributed by atoms with E-state index in [2.05, 4.69) is 22.2 Å². The third-order valence-corrected chi connectivity index (χ3v) is 6.74. The SMILES string of the molecule is Cc1c(C(=O)N(C)C)sc2ncn3nc([C@H]4C[C@@H]4c4ccc(Cl)cc4)nc3c12. The molecule has 8 heteroatoms. The highest BCUT2D eigenvalue weighted by Crippen LogP contribution is 2.53. The van der Waals surface area contributed by atoms with E-state index in [4.69, 9.17) is 16.6 Å². The molecule has 28 heavy (non-hydrogen) atoms. The highest BCUT2D eigenvalue weighted by Gasteiger charge is 2.42. The molecule has 142 valence electrons. The van der Waals surface area contributed by atoms with Crippen molar-refractivity contribution in [3.05, 3.63) is 57.4 Å². The monoisotopic (exact) mass is 411 g/mol. The first-order valence-corrected chi connectivity index (χ1v) is 10.2. The third kappa shape index (κ3) is 2.69. The fourth-order valence-corrected chi connectivity index (χ4v) is 4.96. The zero-order valence-corrected chi connectivity index (χ0v) is 17.3. The molecule has 6 nitrogen and oxygen atoms in total. The molecule has 0 N–H and O–H groups in total. The van der Waals surface area contributed by atoms with Gasteiger partial charge in [-0.05, 0) is 42.5 Å². The fraction of sp³-hybridized carbons (Fsp3) is 0.300. The molecule has 1 aliphatic carbocycles. The Bertz CT molecular complexity index is 1230. The standard InChI is InChI=1S/C20H18ClN5OS/c1-10-15-18-23-17(14-8-13(14)11-4-6-12(21)7-5-11)24-26(18)9-22-19(15)28-16(10)20(27)25(2)3/h4-7,9,13-14H,8H2,1-3H3/t13-,14+/m1/s1. The number of hydrogen-bond donors (Lipinski definition) is 0. The van der Waals surface area contributed by atoms with Crippen LogP contribution in [0, 0.1) is 6.92 Å². The molecule has 4 aromatic rings. The number of carbonyl (C=O) groups excluding carboxylic acids is 1. The van der Waals surface area contributed by atoms with Gasteiger partial charge >= 0.3 is 0 Å². The summed E-state index contributed by atoms with van der Waals surface area (Å²) in [6, 6.07) is 8.00. The molecule has 0 radical (unpaired) electrons. The average Bonchev–Trinajstić information content (AvgIpc) is 3.23. The molecule has 1 saturated carbocycles. The zero-order chi connectivity index (χ0) is 19.6. The van der Waals surface area contributed by atoms with Gasteiger partial charge in [0.05, 0.1) is 10.3 Å². The number of aromatic nitrogens is 4. The summed E-state index contributed by atoms with van der Waals surface area (Å²) in [7, 11) is 3.52. The van der Waals surface area contributed by atoms with Crippen LogP contribution in [0.5, 0.6) is 0 Å². The van der Waals surface area contributed by atoms with Crippen molar-refractivity contribution >= 4 is 44.7 Å². The molecule has 2 atom stereocenters. The van der Waals surface area contributed by atoms with E-state index in [1.165, 1.54) is 16.9 Å². The summed E-state index contributed by atoms with van der Waals surface area (Å²) in [4.78, 5) is 24.9. The Morgan fingerprint density at radius 1 is 1.25 bits per heavy atom. The molecule has 3 heterocycles. The number of benzene rings is 1. The quantitative estimate of drug-likeness (QED) is 0.505. The smallest absolute Gasteiger partial charge is 0.263 e. The summed E-state index contributed by atoms with van der Waals surface area (Å²) in [6.45, 7) is 1.96. The van der Waals surface area contributed by atoms with E-state index in [1.807, 2.05) is 19.1 Å². The van der Waals surface area contributed by atoms with Crippen molar-refractivity contribution in [3.63, 3.8) is 0 Å². The van der Waals surface area contributed by atoms with Crippen LogP contribution in [0.4, 0.5) is 0 Å². The van der Waals surface area contributed by atoms with Crippen LogP contribution in [0.15, 0.2) is 30.6 Å². The number of nitrogens with zero attached hydrogens (tertiary/aromatic N) is 5. The average molecular weight is 412 g/mol. The lowest BCUT2D eigenvalue weighted by Crippen LogP contribution is -2.21. The van der Waals surface area contributed by atoms with Crippen molar-refractivity contribution in [1.82, 2.24) is 24.5 Å². The summed E-state index contributed by atoms with van der Waals surface area (Å²) < 4.78 is 1.73. The predicted molar refractivity (Wildman–Crippen MR) is 110 cm³/mol. The second-order valence-corrected chi connectivity index (χ2v) is 8.85. The van der Waals surface area contributed by atoms with Crippen LogP contribution in [-0.4, -0.2) is 44.5 Å². The summed E-state index contributed by atoms with van der Waals surface area (Å²) in [6.07, 6.45) is 2.72. The largest absolute Gasteiger partial charge is 0.344 e. The van der Waals surface area contributed by atoms with Gasteiger partial charge in [-0.2, -0.15) is 0 Å². The normalized spacial score (nSPS) is 18.7. The number of rotatable bonds is 3. The van der Waals surface area contributed by atoms with Gasteiger partial charge in [0.25, 0.3) is 5.91 Å². The maximum absolute atomic E-state index is 12.5. The Morgan fingerprint density at radius 3 is 2.71 bits per heavy atom. The summed E-state index contributed by atoms with van der Waals surface area (Å²) in [5.74, 6) is 1.55. The van der Waals surface area contributed by atoms with E-state index >= 15 is 0 Å². The van der Waals surface area contributed by atoms with Crippen LogP contribution >= 0.6 is 22.9 Å². The molecule has 5 rings (SSSR count). The van der Waals surface area contributed by atoms with Crippen molar-refractivity contribution in [1.29, 1.82) is 0 Å². The van der Waals surface area contributed by atoms with Gasteiger partial charge in [-0.1, -0.05) is 23.7 Å². The molecule has 0 aliphatic heterocycles. The van der Waals surface area contributed by atoms with E-state index in [0.29, 0.717) is 16.7 Å². The molecule has 0 bridgehead atoms. The number of thiophene rings is 1. The molecule has 0 saturated heterocycles. The third-order valence-electron chi connectivity index (χ3n) is 5.30. The highest BCUT2D eigenvalue weighted by atomic mass is 35.5. The van der Waals surface area contributed by atoms with Crippen molar-refractivity contribution in [2.45, 2.75) is 25.2 Å². The Balaban J connectivity index is 1.55. The number of halogens is 1. The molecule has 1 amide bonds. The molecule has 1 aromatic carbocycles. The van der Waals surface area contributed by atoms with E-state index in [-0.39, 0.29) is 5.91 Å². The van der Waals surface area contributed by atoms with Crippen LogP contribution in [-0.2, 0) is 0 Å². The minimum Gasteiger partial charge on any atom is -0.344 e. The lowest BCUT2D eigenvalue weighted by atomic mass is 10.1. The van der Waals surface area contributed by atoms with E-state index in [0.717, 1.165) is 38.7 Å². The van der Waals surface area contributed by atoms with Gasteiger partial charge in [0.2, 0.25) is 0 Å². The van der Waals surface area contributed by atoms with E-state index < -0.39 is 0 Å². The molecule has 3 aromatic heterocycles. The lowest BCUT2D eigenvalue weighted by molar-refractivity contribution is 0.0831. The van der Waals surface area contributed by atoms with Crippen molar-refractivity contribution in [2.24, 2.45) is 0 Å². The summed E-state index contributed by atoms with van der Waals surface area (Å²) >= 11 is 7.41. The Morgan fingerprint density at radius 2 is 2.00 bits per heavy atom. The van der Waals surface area contributed by atoms with Gasteiger partial charge in [-0.3, -0.25) is 4.79 Å². The molecule has 0 spiro atoms. The first-order chi connectivity index (χ1) is 13.4. The molecule has 0 unspecified atom stereocenters. The summed E-state index contributed by atoms with van der Waals surface area (Å²) in [5.41, 5.74) is 2.95. The minimum atomic E-state index is -0.0108. The van der Waals surface area contributed by atoms with E-state index in [9.17, 15) is 4.79 Å². The van der Waals surface area contributed by atoms with Gasteiger partial charge in [0.15, 0.2) is 11.5 Å². The van der Waals surface area contributed by atoms with Gasteiger partial charge in [0.1, 0.15) is 11.2 Å². The predicted octanol–water partition coefficient (Wildman–Crippen LogP) is 4.27. The fourth-order valence-electron chi connectivity index (χ4n) is 3.67. The molecule has 1 fully saturated rings. The Kier molecular flexibility index (Phi) is 3.93. The van der Waals surface area contributed by atoms with Crippen LogP contribution in [0.1, 0.15) is 44.9 Å². The second kappa shape index (κ2) is 6.25. The number of aryl methyl sites for hydroxylation is 1. The zero-order valence-electron chi connectivity index (χ0n) is 15.7. The van der Waals surface area contributed by atoms with Crippen molar-refractivity contribution < 1.29 is 4.79 Å². The van der Waals surface area contributed by atoms with Crippen LogP contribution in [0.25, 0.3) is 15.9 Å². The molecular weight excluding hydrogens is 394 g/mol. The van der Waals surface area contributed by atoms with Gasteiger partial charge in [0, 0.05) is 25.0 Å². The van der Waals surface area contributed by atoms with Crippen LogP contribution in [0.2, 0.25) is 5.02 Å². The first-order valence-electron chi connectivity index (χ1n) is 9.05. The summed E-state index contributed by atoms with van der Waals surface area (Å²) in [5, 5.41) is 6.34. The van der Waals surface area contributed by atoms with Gasteiger partial charge in [-0.25, -0.2) is 14.5 Å². The molecular formula is C20H18ClN5OS. The highest BCUT2D eigenvalue weighted by molar-refractivity contribution is 7.20. The number of carbonyl (C=O) groups is 1.